The summed E-state index contributed by atoms with van der Waals surface area (Å²) in [6, 6.07) is 0. The largest absolute Gasteiger partial charge is 0.378 e. The van der Waals surface area contributed by atoms with Crippen LogP contribution in [0.3, 0.4) is 0 Å². The smallest absolute Gasteiger partial charge is 0.237 e. The molecule has 6 nitrogen and oxygen atoms in total. The third kappa shape index (κ3) is 4.90. The van der Waals surface area contributed by atoms with E-state index in [2.05, 4.69) is 0 Å². The predicted octanol–water partition coefficient (Wildman–Crippen LogP) is 0.855. The van der Waals surface area contributed by atoms with Gasteiger partial charge in [0.1, 0.15) is 5.75 Å². The van der Waals surface area contributed by atoms with Crippen LogP contribution in [-0.4, -0.2) is 70.2 Å². The number of ether oxygens (including phenoxy) is 2. The molecule has 0 aromatic heterocycles. The van der Waals surface area contributed by atoms with Crippen LogP contribution < -0.4 is 0 Å². The summed E-state index contributed by atoms with van der Waals surface area (Å²) in [6.45, 7) is 3.54. The summed E-state index contributed by atoms with van der Waals surface area (Å²) >= 11 is 0. The third-order valence-electron chi connectivity index (χ3n) is 5.20. The number of hydrogen-bond acceptors (Lipinski definition) is 5. The number of sulfone groups is 1. The van der Waals surface area contributed by atoms with Crippen LogP contribution >= 0.6 is 0 Å². The molecule has 7 heteroatoms. The monoisotopic (exact) mass is 345 g/mol. The van der Waals surface area contributed by atoms with Gasteiger partial charge in [-0.2, -0.15) is 0 Å². The van der Waals surface area contributed by atoms with Gasteiger partial charge in [0.05, 0.1) is 19.3 Å². The van der Waals surface area contributed by atoms with Crippen LogP contribution in [0.1, 0.15) is 32.1 Å². The first-order valence-electron chi connectivity index (χ1n) is 8.50. The zero-order chi connectivity index (χ0) is 16.5. The Morgan fingerprint density at radius 2 is 1.96 bits per heavy atom. The Morgan fingerprint density at radius 1 is 1.26 bits per heavy atom. The molecule has 1 amide bonds. The van der Waals surface area contributed by atoms with Gasteiger partial charge in [-0.1, -0.05) is 0 Å². The summed E-state index contributed by atoms with van der Waals surface area (Å²) < 4.78 is 34.1. The molecule has 23 heavy (non-hydrogen) atoms. The fraction of sp³-hybridized carbons (Fsp3) is 0.938. The number of nitrogens with zero attached hydrogens (tertiary/aromatic N) is 1. The quantitative estimate of drug-likeness (QED) is 0.714. The highest BCUT2D eigenvalue weighted by molar-refractivity contribution is 7.91. The molecule has 2 saturated heterocycles. The molecule has 0 N–H and O–H groups in total. The second kappa shape index (κ2) is 6.69. The molecule has 0 aromatic carbocycles. The molecule has 132 valence electrons. The lowest BCUT2D eigenvalue weighted by atomic mass is 9.76. The third-order valence-corrected chi connectivity index (χ3v) is 5.97. The minimum absolute atomic E-state index is 0.148. The molecule has 1 atom stereocenters. The average Bonchev–Trinajstić information content (AvgIpc) is 3.20. The molecule has 1 spiro atoms. The molecule has 0 bridgehead atoms. The molecule has 0 radical (unpaired) electrons. The standard InChI is InChI=1S/C16H27NO5S/c1-23(19,20)11-15(18)17-6-4-16(5-7-17)8-14(22-12-16)10-21-9-13-2-3-13/h13-14H,2-12H2,1H3/t14-/m1/s1. The van der Waals surface area contributed by atoms with E-state index in [0.717, 1.165) is 44.6 Å². The van der Waals surface area contributed by atoms with Crippen molar-refractivity contribution in [2.45, 2.75) is 38.2 Å². The second-order valence-electron chi connectivity index (χ2n) is 7.57. The fourth-order valence-corrected chi connectivity index (χ4v) is 4.18. The molecule has 0 aromatic rings. The molecule has 1 aliphatic carbocycles. The lowest BCUT2D eigenvalue weighted by molar-refractivity contribution is -0.130. The molecule has 3 rings (SSSR count). The maximum absolute atomic E-state index is 12.0. The van der Waals surface area contributed by atoms with Crippen LogP contribution in [0.4, 0.5) is 0 Å². The lowest BCUT2D eigenvalue weighted by Crippen LogP contribution is -2.45. The van der Waals surface area contributed by atoms with Crippen molar-refractivity contribution in [2.24, 2.45) is 11.3 Å². The van der Waals surface area contributed by atoms with Crippen LogP contribution in [0.2, 0.25) is 0 Å². The zero-order valence-electron chi connectivity index (χ0n) is 13.8. The zero-order valence-corrected chi connectivity index (χ0v) is 14.6. The lowest BCUT2D eigenvalue weighted by Gasteiger charge is -2.38. The van der Waals surface area contributed by atoms with Crippen molar-refractivity contribution in [1.82, 2.24) is 4.90 Å². The van der Waals surface area contributed by atoms with Crippen molar-refractivity contribution in [3.8, 4) is 0 Å². The van der Waals surface area contributed by atoms with E-state index >= 15 is 0 Å². The fourth-order valence-electron chi connectivity index (χ4n) is 3.55. The van der Waals surface area contributed by atoms with Crippen LogP contribution in [0.25, 0.3) is 0 Å². The van der Waals surface area contributed by atoms with Crippen molar-refractivity contribution in [3.63, 3.8) is 0 Å². The normalized spacial score (nSPS) is 27.5. The maximum atomic E-state index is 12.0. The molecule has 0 unspecified atom stereocenters. The number of carbonyl (C=O) groups excluding carboxylic acids is 1. The summed E-state index contributed by atoms with van der Waals surface area (Å²) in [6.07, 6.45) is 6.65. The van der Waals surface area contributed by atoms with Crippen LogP contribution in [0.5, 0.6) is 0 Å². The van der Waals surface area contributed by atoms with Gasteiger partial charge in [-0.05, 0) is 43.4 Å². The van der Waals surface area contributed by atoms with Gasteiger partial charge in [-0.3, -0.25) is 4.79 Å². The van der Waals surface area contributed by atoms with Gasteiger partial charge in [0.15, 0.2) is 9.84 Å². The molecular weight excluding hydrogens is 318 g/mol. The van der Waals surface area contributed by atoms with Gasteiger partial charge in [0.2, 0.25) is 5.91 Å². The van der Waals surface area contributed by atoms with Gasteiger partial charge in [0.25, 0.3) is 0 Å². The second-order valence-corrected chi connectivity index (χ2v) is 9.71. The van der Waals surface area contributed by atoms with Crippen molar-refractivity contribution in [3.05, 3.63) is 0 Å². The minimum atomic E-state index is -3.25. The summed E-state index contributed by atoms with van der Waals surface area (Å²) in [5.41, 5.74) is 0.148. The Balaban J connectivity index is 1.42. The summed E-state index contributed by atoms with van der Waals surface area (Å²) in [7, 11) is -3.25. The highest BCUT2D eigenvalue weighted by atomic mass is 32.2. The van der Waals surface area contributed by atoms with Crippen molar-refractivity contribution < 1.29 is 22.7 Å². The van der Waals surface area contributed by atoms with Gasteiger partial charge >= 0.3 is 0 Å². The van der Waals surface area contributed by atoms with Gasteiger partial charge < -0.3 is 14.4 Å². The summed E-state index contributed by atoms with van der Waals surface area (Å²) in [4.78, 5) is 13.7. The highest BCUT2D eigenvalue weighted by Crippen LogP contribution is 2.42. The van der Waals surface area contributed by atoms with Gasteiger partial charge in [-0.25, -0.2) is 8.42 Å². The number of rotatable bonds is 6. The Kier molecular flexibility index (Phi) is 4.99. The average molecular weight is 345 g/mol. The number of carbonyl (C=O) groups is 1. The van der Waals surface area contributed by atoms with Crippen LogP contribution in [0.15, 0.2) is 0 Å². The Labute approximate surface area is 138 Å². The van der Waals surface area contributed by atoms with E-state index in [4.69, 9.17) is 9.47 Å². The maximum Gasteiger partial charge on any atom is 0.237 e. The van der Waals surface area contributed by atoms with E-state index in [0.29, 0.717) is 19.7 Å². The van der Waals surface area contributed by atoms with Crippen molar-refractivity contribution >= 4 is 15.7 Å². The highest BCUT2D eigenvalue weighted by Gasteiger charge is 2.43. The van der Waals surface area contributed by atoms with E-state index in [1.807, 2.05) is 0 Å². The molecular formula is C16H27NO5S. The van der Waals surface area contributed by atoms with E-state index in [1.165, 1.54) is 12.8 Å². The number of likely N-dealkylation sites (tertiary alicyclic amines) is 1. The van der Waals surface area contributed by atoms with Gasteiger partial charge in [-0.15, -0.1) is 0 Å². The first kappa shape index (κ1) is 17.2. The Morgan fingerprint density at radius 3 is 2.57 bits per heavy atom. The van der Waals surface area contributed by atoms with E-state index in [-0.39, 0.29) is 23.2 Å². The first-order chi connectivity index (χ1) is 10.9. The molecule has 1 saturated carbocycles. The Hall–Kier alpha value is -0.660. The first-order valence-corrected chi connectivity index (χ1v) is 10.6. The van der Waals surface area contributed by atoms with Crippen molar-refractivity contribution in [1.29, 1.82) is 0 Å². The van der Waals surface area contributed by atoms with E-state index < -0.39 is 9.84 Å². The molecule has 2 aliphatic heterocycles. The number of amides is 1. The number of hydrogen-bond donors (Lipinski definition) is 0. The SMILES string of the molecule is CS(=O)(=O)CC(=O)N1CCC2(CC1)CO[C@@H](COCC1CC1)C2. The summed E-state index contributed by atoms with van der Waals surface area (Å²) in [5.74, 6) is 0.119. The van der Waals surface area contributed by atoms with Crippen LogP contribution in [-0.2, 0) is 24.1 Å². The number of piperidine rings is 1. The summed E-state index contributed by atoms with van der Waals surface area (Å²) in [5, 5.41) is 0. The predicted molar refractivity (Wildman–Crippen MR) is 85.9 cm³/mol. The Bertz CT molecular complexity index is 535. The van der Waals surface area contributed by atoms with E-state index in [9.17, 15) is 13.2 Å². The van der Waals surface area contributed by atoms with Crippen molar-refractivity contribution in [2.75, 3.05) is 44.9 Å². The molecule has 3 aliphatic rings. The molecule has 2 heterocycles. The van der Waals surface area contributed by atoms with Gasteiger partial charge in [0, 0.05) is 26.0 Å². The topological polar surface area (TPSA) is 72.9 Å². The van der Waals surface area contributed by atoms with E-state index in [1.54, 1.807) is 4.90 Å². The van der Waals surface area contributed by atoms with Crippen LogP contribution in [0, 0.1) is 11.3 Å². The molecule has 3 fully saturated rings. The minimum Gasteiger partial charge on any atom is -0.378 e.